The molecule has 0 spiro atoms. The lowest BCUT2D eigenvalue weighted by molar-refractivity contribution is -0.143. The van der Waals surface area contributed by atoms with Gasteiger partial charge in [-0.1, -0.05) is 26.2 Å². The van der Waals surface area contributed by atoms with Crippen LogP contribution in [-0.2, 0) is 9.59 Å². The Morgan fingerprint density at radius 3 is 2.23 bits per heavy atom. The highest BCUT2D eigenvalue weighted by molar-refractivity contribution is 5.91. The summed E-state index contributed by atoms with van der Waals surface area (Å²) >= 11 is 0. The second-order valence-electron chi connectivity index (χ2n) is 7.94. The second kappa shape index (κ2) is 11.1. The van der Waals surface area contributed by atoms with E-state index in [1.165, 1.54) is 0 Å². The Morgan fingerprint density at radius 2 is 1.69 bits per heavy atom. The summed E-state index contributed by atoms with van der Waals surface area (Å²) in [6, 6.07) is 0. The Hall–Kier alpha value is -0.810. The fourth-order valence-electron chi connectivity index (χ4n) is 4.55. The van der Waals surface area contributed by atoms with Crippen LogP contribution in [0.5, 0.6) is 0 Å². The number of rotatable bonds is 7. The number of likely N-dealkylation sites (N-methyl/N-ethyl adjacent to an activating group) is 1. The van der Waals surface area contributed by atoms with Crippen molar-refractivity contribution in [3.63, 3.8) is 0 Å². The number of halogens is 1. The summed E-state index contributed by atoms with van der Waals surface area (Å²) in [5, 5.41) is 6.59. The minimum absolute atomic E-state index is 0. The van der Waals surface area contributed by atoms with Gasteiger partial charge in [-0.05, 0) is 64.5 Å². The molecule has 152 valence electrons. The third-order valence-corrected chi connectivity index (χ3v) is 6.24. The van der Waals surface area contributed by atoms with Crippen molar-refractivity contribution in [2.45, 2.75) is 77.7 Å². The average Bonchev–Trinajstić information content (AvgIpc) is 2.64. The van der Waals surface area contributed by atoms with Crippen molar-refractivity contribution < 1.29 is 9.59 Å². The molecule has 1 aliphatic carbocycles. The smallest absolute Gasteiger partial charge is 0.248 e. The Balaban J connectivity index is 0.00000338. The second-order valence-corrected chi connectivity index (χ2v) is 7.94. The topological polar surface area (TPSA) is 61.4 Å². The van der Waals surface area contributed by atoms with Crippen LogP contribution in [0.2, 0.25) is 0 Å². The zero-order chi connectivity index (χ0) is 18.3. The summed E-state index contributed by atoms with van der Waals surface area (Å²) in [6.07, 6.45) is 7.63. The lowest BCUT2D eigenvalue weighted by atomic mass is 9.79. The molecule has 2 aliphatic rings. The van der Waals surface area contributed by atoms with Crippen molar-refractivity contribution in [1.82, 2.24) is 15.5 Å². The third kappa shape index (κ3) is 5.85. The quantitative estimate of drug-likeness (QED) is 0.705. The molecule has 1 unspecified atom stereocenters. The summed E-state index contributed by atoms with van der Waals surface area (Å²) in [5.74, 6) is 1.19. The van der Waals surface area contributed by atoms with Gasteiger partial charge < -0.3 is 15.5 Å². The van der Waals surface area contributed by atoms with Gasteiger partial charge in [0.25, 0.3) is 0 Å². The molecule has 2 fully saturated rings. The van der Waals surface area contributed by atoms with E-state index >= 15 is 0 Å². The van der Waals surface area contributed by atoms with E-state index < -0.39 is 5.54 Å². The minimum Gasteiger partial charge on any atom is -0.342 e. The van der Waals surface area contributed by atoms with Gasteiger partial charge >= 0.3 is 0 Å². The maximum Gasteiger partial charge on any atom is 0.248 e. The van der Waals surface area contributed by atoms with Crippen molar-refractivity contribution in [1.29, 1.82) is 0 Å². The van der Waals surface area contributed by atoms with Crippen LogP contribution in [0.3, 0.4) is 0 Å². The first-order valence-corrected chi connectivity index (χ1v) is 10.3. The highest BCUT2D eigenvalue weighted by Gasteiger charge is 2.42. The fraction of sp³-hybridized carbons (Fsp3) is 0.900. The number of amides is 2. The van der Waals surface area contributed by atoms with Gasteiger partial charge in [0.1, 0.15) is 5.54 Å². The Labute approximate surface area is 165 Å². The van der Waals surface area contributed by atoms with Crippen molar-refractivity contribution in [3.05, 3.63) is 0 Å². The third-order valence-electron chi connectivity index (χ3n) is 6.24. The summed E-state index contributed by atoms with van der Waals surface area (Å²) in [6.45, 7) is 9.74. The molecule has 0 aromatic rings. The molecule has 0 bridgehead atoms. The van der Waals surface area contributed by atoms with Crippen molar-refractivity contribution in [2.24, 2.45) is 11.8 Å². The van der Waals surface area contributed by atoms with Crippen LogP contribution in [0.25, 0.3) is 0 Å². The average molecular weight is 388 g/mol. The maximum atomic E-state index is 13.1. The van der Waals surface area contributed by atoms with Crippen LogP contribution in [0, 0.1) is 11.8 Å². The van der Waals surface area contributed by atoms with E-state index in [1.807, 2.05) is 18.7 Å². The number of carbonyl (C=O) groups excluding carboxylic acids is 2. The number of nitrogens with zero attached hydrogens (tertiary/aromatic N) is 1. The predicted octanol–water partition coefficient (Wildman–Crippen LogP) is 3.12. The van der Waals surface area contributed by atoms with Gasteiger partial charge in [-0.3, -0.25) is 9.59 Å². The van der Waals surface area contributed by atoms with Crippen molar-refractivity contribution >= 4 is 24.2 Å². The molecule has 0 aromatic heterocycles. The molecule has 6 heteroatoms. The highest BCUT2D eigenvalue weighted by Crippen LogP contribution is 2.31. The SMILES string of the molecule is CCN(CC)C(=O)C1(NC(=O)CC(C)C2CCNCC2)CCCCC1.Cl. The van der Waals surface area contributed by atoms with E-state index in [2.05, 4.69) is 17.6 Å². The minimum atomic E-state index is -0.658. The van der Waals surface area contributed by atoms with Crippen molar-refractivity contribution in [2.75, 3.05) is 26.2 Å². The molecule has 0 radical (unpaired) electrons. The van der Waals surface area contributed by atoms with Crippen LogP contribution in [0.15, 0.2) is 0 Å². The van der Waals surface area contributed by atoms with Gasteiger partial charge in [-0.25, -0.2) is 0 Å². The summed E-state index contributed by atoms with van der Waals surface area (Å²) in [7, 11) is 0. The number of nitrogens with one attached hydrogen (secondary N) is 2. The Kier molecular flexibility index (Phi) is 9.94. The molecule has 26 heavy (non-hydrogen) atoms. The molecule has 1 aliphatic heterocycles. The summed E-state index contributed by atoms with van der Waals surface area (Å²) in [4.78, 5) is 27.8. The Bertz CT molecular complexity index is 442. The molecular formula is C20H38ClN3O2. The standard InChI is InChI=1S/C20H37N3O2.ClH/c1-4-23(5-2)19(25)20(11-7-6-8-12-20)22-18(24)15-16(3)17-9-13-21-14-10-17;/h16-17,21H,4-15H2,1-3H3,(H,22,24);1H. The molecule has 2 N–H and O–H groups in total. The fourth-order valence-corrected chi connectivity index (χ4v) is 4.55. The molecular weight excluding hydrogens is 350 g/mol. The molecule has 1 atom stereocenters. The molecule has 2 rings (SSSR count). The first-order chi connectivity index (χ1) is 12.0. The first kappa shape index (κ1) is 23.2. The molecule has 2 amide bonds. The Morgan fingerprint density at radius 1 is 1.12 bits per heavy atom. The molecule has 1 saturated heterocycles. The zero-order valence-corrected chi connectivity index (χ0v) is 17.6. The number of piperidine rings is 1. The predicted molar refractivity (Wildman–Crippen MR) is 109 cm³/mol. The van der Waals surface area contributed by atoms with Crippen LogP contribution < -0.4 is 10.6 Å². The van der Waals surface area contributed by atoms with E-state index in [9.17, 15) is 9.59 Å². The number of hydrogen-bond donors (Lipinski definition) is 2. The van der Waals surface area contributed by atoms with E-state index in [0.29, 0.717) is 31.3 Å². The maximum absolute atomic E-state index is 13.1. The van der Waals surface area contributed by atoms with Crippen LogP contribution >= 0.6 is 12.4 Å². The number of hydrogen-bond acceptors (Lipinski definition) is 3. The highest BCUT2D eigenvalue weighted by atomic mass is 35.5. The molecule has 1 saturated carbocycles. The van der Waals surface area contributed by atoms with E-state index in [4.69, 9.17) is 0 Å². The van der Waals surface area contributed by atoms with E-state index in [1.54, 1.807) is 0 Å². The summed E-state index contributed by atoms with van der Waals surface area (Å²) in [5.41, 5.74) is -0.658. The zero-order valence-electron chi connectivity index (χ0n) is 16.8. The largest absolute Gasteiger partial charge is 0.342 e. The normalized spacial score (nSPS) is 21.3. The van der Waals surface area contributed by atoms with Crippen molar-refractivity contribution in [3.8, 4) is 0 Å². The number of carbonyl (C=O) groups is 2. The van der Waals surface area contributed by atoms with Gasteiger partial charge in [0, 0.05) is 19.5 Å². The van der Waals surface area contributed by atoms with E-state index in [0.717, 1.165) is 58.0 Å². The first-order valence-electron chi connectivity index (χ1n) is 10.3. The van der Waals surface area contributed by atoms with Gasteiger partial charge in [0.15, 0.2) is 0 Å². The van der Waals surface area contributed by atoms with Gasteiger partial charge in [-0.2, -0.15) is 0 Å². The molecule has 5 nitrogen and oxygen atoms in total. The van der Waals surface area contributed by atoms with Gasteiger partial charge in [0.2, 0.25) is 11.8 Å². The van der Waals surface area contributed by atoms with Crippen LogP contribution in [-0.4, -0.2) is 48.4 Å². The van der Waals surface area contributed by atoms with E-state index in [-0.39, 0.29) is 24.2 Å². The van der Waals surface area contributed by atoms with Crippen LogP contribution in [0.4, 0.5) is 0 Å². The molecule has 0 aromatic carbocycles. The summed E-state index contributed by atoms with van der Waals surface area (Å²) < 4.78 is 0. The van der Waals surface area contributed by atoms with Crippen LogP contribution in [0.1, 0.15) is 72.1 Å². The molecule has 1 heterocycles. The lowest BCUT2D eigenvalue weighted by Gasteiger charge is -2.40. The van der Waals surface area contributed by atoms with Gasteiger partial charge in [0.05, 0.1) is 0 Å². The monoisotopic (exact) mass is 387 g/mol. The lowest BCUT2D eigenvalue weighted by Crippen LogP contribution is -2.60. The van der Waals surface area contributed by atoms with Gasteiger partial charge in [-0.15, -0.1) is 12.4 Å².